The predicted molar refractivity (Wildman–Crippen MR) is 80.8 cm³/mol. The van der Waals surface area contributed by atoms with Crippen LogP contribution in [0.5, 0.6) is 0 Å². The van der Waals surface area contributed by atoms with E-state index in [9.17, 15) is 9.90 Å². The molecule has 0 aliphatic heterocycles. The first kappa shape index (κ1) is 14.1. The van der Waals surface area contributed by atoms with Gasteiger partial charge in [-0.1, -0.05) is 31.4 Å². The van der Waals surface area contributed by atoms with Crippen LogP contribution in [0.25, 0.3) is 11.0 Å². The number of carbonyl (C=O) groups excluding carboxylic acids is 1. The minimum Gasteiger partial charge on any atom is -0.388 e. The SMILES string of the molecule is O=C(Cc1nc2ccccc2[nH]1)NCC1(O)CCCCC1. The number of fused-ring (bicyclic) bond motifs is 1. The second-order valence-electron chi connectivity index (χ2n) is 5.94. The molecule has 0 atom stereocenters. The lowest BCUT2D eigenvalue weighted by Crippen LogP contribution is -2.44. The summed E-state index contributed by atoms with van der Waals surface area (Å²) in [4.78, 5) is 19.5. The van der Waals surface area contributed by atoms with Crippen LogP contribution in [0.2, 0.25) is 0 Å². The molecule has 1 aliphatic rings. The number of nitrogens with one attached hydrogen (secondary N) is 2. The monoisotopic (exact) mass is 287 g/mol. The summed E-state index contributed by atoms with van der Waals surface area (Å²) in [6, 6.07) is 7.71. The number of hydrogen-bond acceptors (Lipinski definition) is 3. The number of para-hydroxylation sites is 2. The Kier molecular flexibility index (Phi) is 3.92. The zero-order valence-electron chi connectivity index (χ0n) is 12.1. The summed E-state index contributed by atoms with van der Waals surface area (Å²) in [7, 11) is 0. The van der Waals surface area contributed by atoms with E-state index in [1.807, 2.05) is 24.3 Å². The number of rotatable bonds is 4. The van der Waals surface area contributed by atoms with Crippen LogP contribution in [0.15, 0.2) is 24.3 Å². The Morgan fingerprint density at radius 2 is 2.05 bits per heavy atom. The van der Waals surface area contributed by atoms with Crippen LogP contribution in [0, 0.1) is 0 Å². The molecule has 112 valence electrons. The van der Waals surface area contributed by atoms with E-state index in [0.29, 0.717) is 12.4 Å². The molecule has 3 rings (SSSR count). The molecular formula is C16H21N3O2. The summed E-state index contributed by atoms with van der Waals surface area (Å²) in [5.74, 6) is 0.553. The fourth-order valence-electron chi connectivity index (χ4n) is 2.95. The van der Waals surface area contributed by atoms with Crippen molar-refractivity contribution in [3.8, 4) is 0 Å². The summed E-state index contributed by atoms with van der Waals surface area (Å²) in [6.07, 6.45) is 5.02. The van der Waals surface area contributed by atoms with Crippen molar-refractivity contribution in [2.45, 2.75) is 44.1 Å². The fourth-order valence-corrected chi connectivity index (χ4v) is 2.95. The van der Waals surface area contributed by atoms with Crippen molar-refractivity contribution in [2.75, 3.05) is 6.54 Å². The van der Waals surface area contributed by atoms with Crippen LogP contribution in [0.4, 0.5) is 0 Å². The molecule has 5 nitrogen and oxygen atoms in total. The summed E-state index contributed by atoms with van der Waals surface area (Å²) >= 11 is 0. The Bertz CT molecular complexity index is 596. The van der Waals surface area contributed by atoms with E-state index in [0.717, 1.165) is 36.7 Å². The van der Waals surface area contributed by atoms with E-state index < -0.39 is 5.60 Å². The summed E-state index contributed by atoms with van der Waals surface area (Å²) in [6.45, 7) is 0.339. The molecule has 0 unspecified atom stereocenters. The van der Waals surface area contributed by atoms with Crippen molar-refractivity contribution >= 4 is 16.9 Å². The highest BCUT2D eigenvalue weighted by molar-refractivity contribution is 5.80. The minimum absolute atomic E-state index is 0.104. The maximum atomic E-state index is 12.0. The van der Waals surface area contributed by atoms with Gasteiger partial charge in [0.15, 0.2) is 0 Å². The zero-order chi connectivity index (χ0) is 14.7. The predicted octanol–water partition coefficient (Wildman–Crippen LogP) is 1.92. The molecule has 0 bridgehead atoms. The smallest absolute Gasteiger partial charge is 0.227 e. The van der Waals surface area contributed by atoms with Crippen molar-refractivity contribution < 1.29 is 9.90 Å². The largest absolute Gasteiger partial charge is 0.388 e. The van der Waals surface area contributed by atoms with Gasteiger partial charge in [-0.05, 0) is 25.0 Å². The first-order valence-electron chi connectivity index (χ1n) is 7.57. The number of carbonyl (C=O) groups is 1. The first-order chi connectivity index (χ1) is 10.1. The van der Waals surface area contributed by atoms with Gasteiger partial charge in [0.05, 0.1) is 23.1 Å². The van der Waals surface area contributed by atoms with Crippen molar-refractivity contribution in [1.82, 2.24) is 15.3 Å². The van der Waals surface area contributed by atoms with Gasteiger partial charge in [0.25, 0.3) is 0 Å². The van der Waals surface area contributed by atoms with Crippen molar-refractivity contribution in [3.63, 3.8) is 0 Å². The molecule has 1 fully saturated rings. The number of hydrogen-bond donors (Lipinski definition) is 3. The van der Waals surface area contributed by atoms with Crippen molar-refractivity contribution in [1.29, 1.82) is 0 Å². The second-order valence-corrected chi connectivity index (χ2v) is 5.94. The quantitative estimate of drug-likeness (QED) is 0.804. The number of benzene rings is 1. The maximum absolute atomic E-state index is 12.0. The molecular weight excluding hydrogens is 266 g/mol. The van der Waals surface area contributed by atoms with E-state index in [-0.39, 0.29) is 12.3 Å². The van der Waals surface area contributed by atoms with E-state index in [1.54, 1.807) is 0 Å². The number of imidazole rings is 1. The van der Waals surface area contributed by atoms with Crippen LogP contribution in [0.1, 0.15) is 37.9 Å². The molecule has 0 radical (unpaired) electrons. The van der Waals surface area contributed by atoms with Gasteiger partial charge in [-0.3, -0.25) is 4.79 Å². The van der Waals surface area contributed by atoms with Gasteiger partial charge in [-0.2, -0.15) is 0 Å². The molecule has 0 saturated heterocycles. The Morgan fingerprint density at radius 1 is 1.29 bits per heavy atom. The molecule has 1 aliphatic carbocycles. The van der Waals surface area contributed by atoms with Crippen LogP contribution >= 0.6 is 0 Å². The lowest BCUT2D eigenvalue weighted by atomic mass is 9.85. The highest BCUT2D eigenvalue weighted by Gasteiger charge is 2.29. The molecule has 1 saturated carbocycles. The average molecular weight is 287 g/mol. The normalized spacial score (nSPS) is 17.8. The highest BCUT2D eigenvalue weighted by atomic mass is 16.3. The number of H-pyrrole nitrogens is 1. The number of aromatic nitrogens is 2. The molecule has 1 aromatic carbocycles. The molecule has 2 aromatic rings. The van der Waals surface area contributed by atoms with Crippen LogP contribution < -0.4 is 5.32 Å². The number of nitrogens with zero attached hydrogens (tertiary/aromatic N) is 1. The Hall–Kier alpha value is -1.88. The van der Waals surface area contributed by atoms with Gasteiger partial charge >= 0.3 is 0 Å². The van der Waals surface area contributed by atoms with Crippen molar-refractivity contribution in [2.24, 2.45) is 0 Å². The topological polar surface area (TPSA) is 78.0 Å². The van der Waals surface area contributed by atoms with E-state index in [1.165, 1.54) is 6.42 Å². The number of aromatic amines is 1. The molecule has 5 heteroatoms. The summed E-state index contributed by atoms with van der Waals surface area (Å²) < 4.78 is 0. The third kappa shape index (κ3) is 3.42. The molecule has 1 heterocycles. The van der Waals surface area contributed by atoms with E-state index >= 15 is 0 Å². The maximum Gasteiger partial charge on any atom is 0.227 e. The van der Waals surface area contributed by atoms with Gasteiger partial charge in [-0.15, -0.1) is 0 Å². The van der Waals surface area contributed by atoms with Crippen LogP contribution in [-0.2, 0) is 11.2 Å². The van der Waals surface area contributed by atoms with E-state index in [4.69, 9.17) is 0 Å². The van der Waals surface area contributed by atoms with Gasteiger partial charge in [0, 0.05) is 6.54 Å². The molecule has 1 aromatic heterocycles. The highest BCUT2D eigenvalue weighted by Crippen LogP contribution is 2.27. The minimum atomic E-state index is -0.720. The zero-order valence-corrected chi connectivity index (χ0v) is 12.1. The molecule has 21 heavy (non-hydrogen) atoms. The lowest BCUT2D eigenvalue weighted by molar-refractivity contribution is -0.122. The molecule has 3 N–H and O–H groups in total. The third-order valence-electron chi connectivity index (χ3n) is 4.17. The number of aliphatic hydroxyl groups is 1. The number of amides is 1. The van der Waals surface area contributed by atoms with E-state index in [2.05, 4.69) is 15.3 Å². The Balaban J connectivity index is 1.56. The Labute approximate surface area is 123 Å². The van der Waals surface area contributed by atoms with Crippen LogP contribution in [0.3, 0.4) is 0 Å². The molecule has 0 spiro atoms. The van der Waals surface area contributed by atoms with Gasteiger partial charge < -0.3 is 15.4 Å². The lowest BCUT2D eigenvalue weighted by Gasteiger charge is -2.32. The first-order valence-corrected chi connectivity index (χ1v) is 7.57. The van der Waals surface area contributed by atoms with Gasteiger partial charge in [0.2, 0.25) is 5.91 Å². The fraction of sp³-hybridized carbons (Fsp3) is 0.500. The molecule has 1 amide bonds. The summed E-state index contributed by atoms with van der Waals surface area (Å²) in [5.41, 5.74) is 1.08. The Morgan fingerprint density at radius 3 is 2.81 bits per heavy atom. The third-order valence-corrected chi connectivity index (χ3v) is 4.17. The van der Waals surface area contributed by atoms with Crippen LogP contribution in [-0.4, -0.2) is 33.1 Å². The van der Waals surface area contributed by atoms with Crippen molar-refractivity contribution in [3.05, 3.63) is 30.1 Å². The summed E-state index contributed by atoms with van der Waals surface area (Å²) in [5, 5.41) is 13.2. The second kappa shape index (κ2) is 5.85. The van der Waals surface area contributed by atoms with Gasteiger partial charge in [0.1, 0.15) is 5.82 Å². The standard InChI is InChI=1S/C16H21N3O2/c20-15(17-11-16(21)8-4-1-5-9-16)10-14-18-12-6-2-3-7-13(12)19-14/h2-3,6-7,21H,1,4-5,8-11H2,(H,17,20)(H,18,19). The average Bonchev–Trinajstić information content (AvgIpc) is 2.88. The van der Waals surface area contributed by atoms with Gasteiger partial charge in [-0.25, -0.2) is 4.98 Å².